The molecule has 0 bridgehead atoms. The number of piperidine rings is 1. The van der Waals surface area contributed by atoms with E-state index in [4.69, 9.17) is 0 Å². The van der Waals surface area contributed by atoms with Gasteiger partial charge in [-0.1, -0.05) is 42.5 Å². The van der Waals surface area contributed by atoms with E-state index in [1.165, 1.54) is 24.7 Å². The Bertz CT molecular complexity index is 907. The zero-order valence-electron chi connectivity index (χ0n) is 17.8. The molecular formula is C23H32IN3O2S. The van der Waals surface area contributed by atoms with E-state index in [1.54, 1.807) is 12.1 Å². The lowest BCUT2D eigenvalue weighted by Crippen LogP contribution is -2.46. The van der Waals surface area contributed by atoms with Crippen LogP contribution in [-0.2, 0) is 22.7 Å². The summed E-state index contributed by atoms with van der Waals surface area (Å²) < 4.78 is 23.1. The van der Waals surface area contributed by atoms with Gasteiger partial charge in [0.05, 0.1) is 4.90 Å². The zero-order valence-corrected chi connectivity index (χ0v) is 20.9. The first kappa shape index (κ1) is 24.7. The standard InChI is InChI=1S/C23H31N3O2S.HI/c1-24-23(25-15-12-19-8-10-22(11-9-19)29(2,27)28)26-16-13-21(14-17-26)18-20-6-4-3-5-7-20;/h3-11,21H,12-18H2,1-2H3,(H,24,25);1H. The van der Waals surface area contributed by atoms with Crippen LogP contribution in [0.4, 0.5) is 0 Å². The molecule has 1 heterocycles. The highest BCUT2D eigenvalue weighted by atomic mass is 127. The molecule has 2 aromatic rings. The van der Waals surface area contributed by atoms with Crippen molar-refractivity contribution in [2.75, 3.05) is 32.9 Å². The van der Waals surface area contributed by atoms with Crippen LogP contribution in [0.2, 0.25) is 0 Å². The van der Waals surface area contributed by atoms with Crippen LogP contribution in [0.3, 0.4) is 0 Å². The van der Waals surface area contributed by atoms with E-state index in [9.17, 15) is 8.42 Å². The first-order chi connectivity index (χ1) is 14.0. The van der Waals surface area contributed by atoms with Crippen molar-refractivity contribution in [2.24, 2.45) is 10.9 Å². The maximum absolute atomic E-state index is 11.6. The Labute approximate surface area is 197 Å². The minimum Gasteiger partial charge on any atom is -0.356 e. The molecular weight excluding hydrogens is 509 g/mol. The van der Waals surface area contributed by atoms with Crippen molar-refractivity contribution in [1.82, 2.24) is 10.2 Å². The van der Waals surface area contributed by atoms with E-state index in [2.05, 4.69) is 45.5 Å². The second kappa shape index (κ2) is 11.7. The fourth-order valence-electron chi connectivity index (χ4n) is 3.85. The number of nitrogens with zero attached hydrogens (tertiary/aromatic N) is 2. The number of sulfone groups is 1. The monoisotopic (exact) mass is 541 g/mol. The van der Waals surface area contributed by atoms with E-state index in [1.807, 2.05) is 19.2 Å². The van der Waals surface area contributed by atoms with Crippen molar-refractivity contribution < 1.29 is 8.42 Å². The normalized spacial score (nSPS) is 15.5. The van der Waals surface area contributed by atoms with Gasteiger partial charge in [0.15, 0.2) is 15.8 Å². The number of likely N-dealkylation sites (tertiary alicyclic amines) is 1. The Hall–Kier alpha value is -1.61. The molecule has 5 nitrogen and oxygen atoms in total. The third-order valence-corrected chi connectivity index (χ3v) is 6.67. The molecule has 1 N–H and O–H groups in total. The van der Waals surface area contributed by atoms with Crippen molar-refractivity contribution >= 4 is 39.8 Å². The lowest BCUT2D eigenvalue weighted by molar-refractivity contribution is 0.259. The van der Waals surface area contributed by atoms with Crippen molar-refractivity contribution in [1.29, 1.82) is 0 Å². The second-order valence-electron chi connectivity index (χ2n) is 7.76. The molecule has 164 valence electrons. The lowest BCUT2D eigenvalue weighted by atomic mass is 9.90. The van der Waals surface area contributed by atoms with Crippen LogP contribution in [0.5, 0.6) is 0 Å². The van der Waals surface area contributed by atoms with Gasteiger partial charge in [0.2, 0.25) is 0 Å². The lowest BCUT2D eigenvalue weighted by Gasteiger charge is -2.34. The topological polar surface area (TPSA) is 61.8 Å². The molecule has 1 saturated heterocycles. The molecule has 2 aromatic carbocycles. The summed E-state index contributed by atoms with van der Waals surface area (Å²) >= 11 is 0. The molecule has 0 spiro atoms. The number of hydrogen-bond acceptors (Lipinski definition) is 3. The third-order valence-electron chi connectivity index (χ3n) is 5.54. The quantitative estimate of drug-likeness (QED) is 0.344. The van der Waals surface area contributed by atoms with Gasteiger partial charge in [-0.3, -0.25) is 4.99 Å². The van der Waals surface area contributed by atoms with Gasteiger partial charge in [-0.2, -0.15) is 0 Å². The van der Waals surface area contributed by atoms with Gasteiger partial charge in [0.1, 0.15) is 0 Å². The highest BCUT2D eigenvalue weighted by molar-refractivity contribution is 14.0. The van der Waals surface area contributed by atoms with Crippen LogP contribution in [-0.4, -0.2) is 52.2 Å². The predicted octanol–water partition coefficient (Wildman–Crippen LogP) is 3.78. The molecule has 0 atom stereocenters. The minimum absolute atomic E-state index is 0. The highest BCUT2D eigenvalue weighted by Gasteiger charge is 2.21. The fourth-order valence-corrected chi connectivity index (χ4v) is 4.48. The molecule has 0 radical (unpaired) electrons. The molecule has 1 fully saturated rings. The fraction of sp³-hybridized carbons (Fsp3) is 0.435. The van der Waals surface area contributed by atoms with Gasteiger partial charge < -0.3 is 10.2 Å². The van der Waals surface area contributed by atoms with E-state index < -0.39 is 9.84 Å². The van der Waals surface area contributed by atoms with Gasteiger partial charge in [-0.05, 0) is 54.9 Å². The molecule has 0 aromatic heterocycles. The number of hydrogen-bond donors (Lipinski definition) is 1. The number of benzene rings is 2. The van der Waals surface area contributed by atoms with Gasteiger partial charge in [-0.25, -0.2) is 8.42 Å². The Balaban J connectivity index is 0.00000320. The molecule has 7 heteroatoms. The van der Waals surface area contributed by atoms with Crippen molar-refractivity contribution in [3.05, 3.63) is 65.7 Å². The summed E-state index contributed by atoms with van der Waals surface area (Å²) in [5, 5.41) is 3.45. The number of aliphatic imine (C=N–C) groups is 1. The van der Waals surface area contributed by atoms with Crippen molar-refractivity contribution in [3.8, 4) is 0 Å². The number of rotatable bonds is 6. The maximum Gasteiger partial charge on any atom is 0.193 e. The molecule has 0 unspecified atom stereocenters. The van der Waals surface area contributed by atoms with Crippen molar-refractivity contribution in [3.63, 3.8) is 0 Å². The first-order valence-corrected chi connectivity index (χ1v) is 12.1. The van der Waals surface area contributed by atoms with Crippen LogP contribution in [0.15, 0.2) is 64.5 Å². The molecule has 0 aliphatic carbocycles. The zero-order chi connectivity index (χ0) is 20.7. The van der Waals surface area contributed by atoms with Crippen LogP contribution in [0.25, 0.3) is 0 Å². The van der Waals surface area contributed by atoms with Crippen LogP contribution in [0.1, 0.15) is 24.0 Å². The highest BCUT2D eigenvalue weighted by Crippen LogP contribution is 2.21. The molecule has 0 amide bonds. The summed E-state index contributed by atoms with van der Waals surface area (Å²) in [7, 11) is -1.31. The number of nitrogens with one attached hydrogen (secondary N) is 1. The van der Waals surface area contributed by atoms with E-state index in [0.29, 0.717) is 4.90 Å². The Morgan fingerprint density at radius 1 is 1.03 bits per heavy atom. The first-order valence-electron chi connectivity index (χ1n) is 10.2. The van der Waals surface area contributed by atoms with Crippen LogP contribution < -0.4 is 5.32 Å². The molecule has 1 aliphatic heterocycles. The van der Waals surface area contributed by atoms with Crippen LogP contribution >= 0.6 is 24.0 Å². The van der Waals surface area contributed by atoms with Crippen LogP contribution in [0, 0.1) is 5.92 Å². The smallest absolute Gasteiger partial charge is 0.193 e. The van der Waals surface area contributed by atoms with E-state index >= 15 is 0 Å². The number of halogens is 1. The Morgan fingerprint density at radius 3 is 2.23 bits per heavy atom. The largest absolute Gasteiger partial charge is 0.356 e. The average Bonchev–Trinajstić information content (AvgIpc) is 2.72. The van der Waals surface area contributed by atoms with Gasteiger partial charge >= 0.3 is 0 Å². The summed E-state index contributed by atoms with van der Waals surface area (Å²) in [6, 6.07) is 17.9. The summed E-state index contributed by atoms with van der Waals surface area (Å²) in [5.74, 6) is 1.69. The molecule has 30 heavy (non-hydrogen) atoms. The number of guanidine groups is 1. The average molecular weight is 541 g/mol. The Kier molecular flexibility index (Phi) is 9.61. The maximum atomic E-state index is 11.6. The van der Waals surface area contributed by atoms with E-state index in [-0.39, 0.29) is 24.0 Å². The van der Waals surface area contributed by atoms with Crippen molar-refractivity contribution in [2.45, 2.75) is 30.6 Å². The second-order valence-corrected chi connectivity index (χ2v) is 9.78. The summed E-state index contributed by atoms with van der Waals surface area (Å²) in [6.45, 7) is 2.83. The van der Waals surface area contributed by atoms with Gasteiger partial charge in [0.25, 0.3) is 0 Å². The third kappa shape index (κ3) is 7.27. The molecule has 1 aliphatic rings. The van der Waals surface area contributed by atoms with E-state index in [0.717, 1.165) is 49.9 Å². The van der Waals surface area contributed by atoms with Gasteiger partial charge in [-0.15, -0.1) is 24.0 Å². The molecule has 3 rings (SSSR count). The van der Waals surface area contributed by atoms with Gasteiger partial charge in [0, 0.05) is 32.9 Å². The molecule has 0 saturated carbocycles. The Morgan fingerprint density at radius 2 is 1.67 bits per heavy atom. The SMILES string of the molecule is CN=C(NCCc1ccc(S(C)(=O)=O)cc1)N1CCC(Cc2ccccc2)CC1.I. The summed E-state index contributed by atoms with van der Waals surface area (Å²) in [6.07, 6.45) is 5.58. The predicted molar refractivity (Wildman–Crippen MR) is 134 cm³/mol. The summed E-state index contributed by atoms with van der Waals surface area (Å²) in [4.78, 5) is 7.16. The summed E-state index contributed by atoms with van der Waals surface area (Å²) in [5.41, 5.74) is 2.54. The minimum atomic E-state index is -3.14.